The first kappa shape index (κ1) is 15.1. The number of ether oxygens (including phenoxy) is 2. The van der Waals surface area contributed by atoms with Crippen molar-refractivity contribution in [3.63, 3.8) is 0 Å². The van der Waals surface area contributed by atoms with Gasteiger partial charge in [-0.15, -0.1) is 0 Å². The third-order valence-corrected chi connectivity index (χ3v) is 3.98. The largest absolute Gasteiger partial charge is 0.454 e. The Balaban J connectivity index is 1.63. The molecular weight excluding hydrogens is 320 g/mol. The molecule has 0 aromatic heterocycles. The second kappa shape index (κ2) is 5.90. The Labute approximate surface area is 144 Å². The topological polar surface area (TPSA) is 68.2 Å². The average Bonchev–Trinajstić information content (AvgIpc) is 3.21. The molecule has 2 amide bonds. The monoisotopic (exact) mass is 334 g/mol. The molecule has 2 aromatic carbocycles. The van der Waals surface area contributed by atoms with E-state index in [4.69, 9.17) is 9.47 Å². The molecule has 25 heavy (non-hydrogen) atoms. The Kier molecular flexibility index (Phi) is 3.57. The summed E-state index contributed by atoms with van der Waals surface area (Å²) in [5.74, 6) is 0.417. The minimum absolute atomic E-state index is 0.189. The molecule has 0 aliphatic carbocycles. The van der Waals surface area contributed by atoms with Crippen molar-refractivity contribution in [2.45, 2.75) is 6.92 Å². The molecule has 2 aliphatic rings. The highest BCUT2D eigenvalue weighted by Gasteiger charge is 2.33. The Morgan fingerprint density at radius 3 is 2.68 bits per heavy atom. The van der Waals surface area contributed by atoms with Crippen molar-refractivity contribution in [1.29, 1.82) is 0 Å². The van der Waals surface area contributed by atoms with Crippen molar-refractivity contribution >= 4 is 23.6 Å². The zero-order chi connectivity index (χ0) is 17.4. The number of hydrazone groups is 1. The minimum Gasteiger partial charge on any atom is -0.454 e. The zero-order valence-corrected chi connectivity index (χ0v) is 13.4. The second-order valence-electron chi connectivity index (χ2n) is 5.64. The fraction of sp³-hybridized carbons (Fsp3) is 0.105. The maximum atomic E-state index is 12.6. The van der Waals surface area contributed by atoms with Crippen molar-refractivity contribution < 1.29 is 19.1 Å². The molecule has 0 N–H and O–H groups in total. The average molecular weight is 334 g/mol. The van der Waals surface area contributed by atoms with Gasteiger partial charge in [-0.1, -0.05) is 24.3 Å². The molecule has 6 nitrogen and oxygen atoms in total. The summed E-state index contributed by atoms with van der Waals surface area (Å²) in [5, 5.41) is 5.03. The second-order valence-corrected chi connectivity index (χ2v) is 5.64. The van der Waals surface area contributed by atoms with Gasteiger partial charge in [-0.25, -0.2) is 0 Å². The number of imide groups is 1. The van der Waals surface area contributed by atoms with Crippen molar-refractivity contribution in [3.05, 3.63) is 65.2 Å². The van der Waals surface area contributed by atoms with Crippen molar-refractivity contribution in [2.75, 3.05) is 6.79 Å². The van der Waals surface area contributed by atoms with Crippen LogP contribution in [0.3, 0.4) is 0 Å². The maximum absolute atomic E-state index is 12.6. The van der Waals surface area contributed by atoms with E-state index in [1.54, 1.807) is 49.4 Å². The molecule has 0 bridgehead atoms. The van der Waals surface area contributed by atoms with Crippen LogP contribution in [0.15, 0.2) is 59.2 Å². The Hall–Kier alpha value is -3.41. The lowest BCUT2D eigenvalue weighted by atomic mass is 10.1. The fourth-order valence-electron chi connectivity index (χ4n) is 2.69. The summed E-state index contributed by atoms with van der Waals surface area (Å²) in [6, 6.07) is 14.0. The van der Waals surface area contributed by atoms with Crippen LogP contribution in [0.25, 0.3) is 6.08 Å². The van der Waals surface area contributed by atoms with E-state index in [9.17, 15) is 9.59 Å². The van der Waals surface area contributed by atoms with Crippen LogP contribution < -0.4 is 9.47 Å². The van der Waals surface area contributed by atoms with Gasteiger partial charge in [0.05, 0.1) is 11.3 Å². The van der Waals surface area contributed by atoms with Crippen molar-refractivity contribution in [2.24, 2.45) is 5.10 Å². The molecule has 0 saturated heterocycles. The van der Waals surface area contributed by atoms with Crippen LogP contribution in [-0.2, 0) is 4.79 Å². The number of fused-ring (bicyclic) bond motifs is 1. The third-order valence-electron chi connectivity index (χ3n) is 3.98. The zero-order valence-electron chi connectivity index (χ0n) is 13.4. The van der Waals surface area contributed by atoms with Crippen LogP contribution in [-0.4, -0.2) is 29.3 Å². The molecule has 0 spiro atoms. The number of carbonyl (C=O) groups is 2. The van der Waals surface area contributed by atoms with Crippen LogP contribution in [0.2, 0.25) is 0 Å². The molecule has 0 fully saturated rings. The van der Waals surface area contributed by atoms with Gasteiger partial charge in [-0.3, -0.25) is 9.59 Å². The van der Waals surface area contributed by atoms with Gasteiger partial charge in [0.25, 0.3) is 11.8 Å². The highest BCUT2D eigenvalue weighted by atomic mass is 16.7. The van der Waals surface area contributed by atoms with E-state index in [0.717, 1.165) is 10.6 Å². The summed E-state index contributed by atoms with van der Waals surface area (Å²) in [4.78, 5) is 25.1. The molecule has 2 aliphatic heterocycles. The molecular formula is C19H14N2O4. The summed E-state index contributed by atoms with van der Waals surface area (Å²) in [6.45, 7) is 1.89. The van der Waals surface area contributed by atoms with Gasteiger partial charge in [-0.05, 0) is 42.8 Å². The number of hydrogen-bond donors (Lipinski definition) is 0. The van der Waals surface area contributed by atoms with E-state index in [1.807, 2.05) is 12.1 Å². The summed E-state index contributed by atoms with van der Waals surface area (Å²) < 4.78 is 10.6. The SMILES string of the molecule is CC1=NN(C(=O)c2ccccc2)C(=O)/C1=C/c1ccc2c(c1)OCO2. The molecule has 0 saturated carbocycles. The van der Waals surface area contributed by atoms with Crippen LogP contribution in [0.4, 0.5) is 0 Å². The minimum atomic E-state index is -0.445. The number of hydrogen-bond acceptors (Lipinski definition) is 5. The van der Waals surface area contributed by atoms with Crippen LogP contribution in [0.5, 0.6) is 11.5 Å². The molecule has 0 atom stereocenters. The molecule has 0 radical (unpaired) electrons. The van der Waals surface area contributed by atoms with Gasteiger partial charge >= 0.3 is 0 Å². The third kappa shape index (κ3) is 2.67. The first-order valence-electron chi connectivity index (χ1n) is 7.74. The Bertz CT molecular complexity index is 932. The van der Waals surface area contributed by atoms with E-state index in [2.05, 4.69) is 5.10 Å². The molecule has 2 aromatic rings. The first-order chi connectivity index (χ1) is 12.1. The van der Waals surface area contributed by atoms with E-state index >= 15 is 0 Å². The normalized spacial score (nSPS) is 17.2. The maximum Gasteiger partial charge on any atom is 0.283 e. The highest BCUT2D eigenvalue weighted by molar-refractivity contribution is 6.30. The molecule has 6 heteroatoms. The van der Waals surface area contributed by atoms with Gasteiger partial charge in [0, 0.05) is 5.56 Å². The Morgan fingerprint density at radius 1 is 1.12 bits per heavy atom. The van der Waals surface area contributed by atoms with Gasteiger partial charge in [0.1, 0.15) is 0 Å². The van der Waals surface area contributed by atoms with Crippen LogP contribution in [0.1, 0.15) is 22.8 Å². The van der Waals surface area contributed by atoms with Gasteiger partial charge in [0.15, 0.2) is 11.5 Å². The standard InChI is InChI=1S/C19H14N2O4/c1-12-15(9-13-7-8-16-17(10-13)25-11-24-16)19(23)21(20-12)18(22)14-5-3-2-4-6-14/h2-10H,11H2,1H3/b15-9+. The van der Waals surface area contributed by atoms with Crippen LogP contribution in [0, 0.1) is 0 Å². The predicted octanol–water partition coefficient (Wildman–Crippen LogP) is 2.86. The number of amides is 2. The van der Waals surface area contributed by atoms with Gasteiger partial charge in [-0.2, -0.15) is 10.1 Å². The quantitative estimate of drug-likeness (QED) is 0.625. The van der Waals surface area contributed by atoms with Crippen molar-refractivity contribution in [3.8, 4) is 11.5 Å². The predicted molar refractivity (Wildman–Crippen MR) is 91.3 cm³/mol. The first-order valence-corrected chi connectivity index (χ1v) is 7.74. The van der Waals surface area contributed by atoms with Crippen molar-refractivity contribution in [1.82, 2.24) is 5.01 Å². The number of benzene rings is 2. The lowest BCUT2D eigenvalue weighted by Crippen LogP contribution is -2.29. The highest BCUT2D eigenvalue weighted by Crippen LogP contribution is 2.33. The summed E-state index contributed by atoms with van der Waals surface area (Å²) >= 11 is 0. The summed E-state index contributed by atoms with van der Waals surface area (Å²) in [6.07, 6.45) is 1.70. The number of nitrogens with zero attached hydrogens (tertiary/aromatic N) is 2. The van der Waals surface area contributed by atoms with Gasteiger partial charge in [0.2, 0.25) is 6.79 Å². The van der Waals surface area contributed by atoms with E-state index in [-0.39, 0.29) is 6.79 Å². The van der Waals surface area contributed by atoms with E-state index < -0.39 is 11.8 Å². The molecule has 0 unspecified atom stereocenters. The van der Waals surface area contributed by atoms with E-state index in [1.165, 1.54) is 0 Å². The lowest BCUT2D eigenvalue weighted by molar-refractivity contribution is -0.123. The number of carbonyl (C=O) groups excluding carboxylic acids is 2. The molecule has 4 rings (SSSR count). The van der Waals surface area contributed by atoms with Gasteiger partial charge < -0.3 is 9.47 Å². The van der Waals surface area contributed by atoms with E-state index in [0.29, 0.717) is 28.3 Å². The molecule has 2 heterocycles. The summed E-state index contributed by atoms with van der Waals surface area (Å²) in [7, 11) is 0. The molecule has 124 valence electrons. The smallest absolute Gasteiger partial charge is 0.283 e. The number of rotatable bonds is 2. The summed E-state index contributed by atoms with van der Waals surface area (Å²) in [5.41, 5.74) is 2.06. The van der Waals surface area contributed by atoms with Crippen LogP contribution >= 0.6 is 0 Å². The lowest BCUT2D eigenvalue weighted by Gasteiger charge is -2.09. The fourth-order valence-corrected chi connectivity index (χ4v) is 2.69. The Morgan fingerprint density at radius 2 is 1.88 bits per heavy atom.